The molecular formula is C15H24N2O2. The van der Waals surface area contributed by atoms with Gasteiger partial charge < -0.3 is 16.2 Å². The molecule has 0 saturated carbocycles. The number of nitrogens with one attached hydrogen (secondary N) is 1. The summed E-state index contributed by atoms with van der Waals surface area (Å²) in [5.74, 6) is -0.0616. The van der Waals surface area contributed by atoms with E-state index in [1.165, 1.54) is 0 Å². The van der Waals surface area contributed by atoms with Gasteiger partial charge in [0.05, 0.1) is 12.6 Å². The van der Waals surface area contributed by atoms with Crippen molar-refractivity contribution in [2.75, 3.05) is 6.61 Å². The highest BCUT2D eigenvalue weighted by molar-refractivity contribution is 5.76. The van der Waals surface area contributed by atoms with Crippen LogP contribution in [0.5, 0.6) is 0 Å². The molecule has 0 aliphatic carbocycles. The molecule has 0 fully saturated rings. The molecule has 4 nitrogen and oxygen atoms in total. The summed E-state index contributed by atoms with van der Waals surface area (Å²) < 4.78 is 0. The Morgan fingerprint density at radius 1 is 1.37 bits per heavy atom. The predicted octanol–water partition coefficient (Wildman–Crippen LogP) is 1.22. The van der Waals surface area contributed by atoms with E-state index in [-0.39, 0.29) is 24.1 Å². The van der Waals surface area contributed by atoms with Crippen LogP contribution in [-0.4, -0.2) is 29.2 Å². The molecule has 19 heavy (non-hydrogen) atoms. The van der Waals surface area contributed by atoms with Crippen LogP contribution in [0.15, 0.2) is 30.3 Å². The molecule has 0 unspecified atom stereocenters. The molecule has 1 aromatic carbocycles. The molecule has 1 amide bonds. The van der Waals surface area contributed by atoms with E-state index >= 15 is 0 Å². The zero-order valence-corrected chi connectivity index (χ0v) is 11.7. The van der Waals surface area contributed by atoms with Gasteiger partial charge >= 0.3 is 0 Å². The Hall–Kier alpha value is -1.39. The van der Waals surface area contributed by atoms with E-state index < -0.39 is 0 Å². The third-order valence-electron chi connectivity index (χ3n) is 2.91. The Balaban J connectivity index is 2.42. The molecular weight excluding hydrogens is 240 g/mol. The van der Waals surface area contributed by atoms with Crippen molar-refractivity contribution in [1.29, 1.82) is 0 Å². The number of aliphatic hydroxyl groups excluding tert-OH is 1. The largest absolute Gasteiger partial charge is 0.394 e. The highest BCUT2D eigenvalue weighted by Gasteiger charge is 2.16. The highest BCUT2D eigenvalue weighted by Crippen LogP contribution is 2.08. The zero-order chi connectivity index (χ0) is 14.3. The van der Waals surface area contributed by atoms with Crippen molar-refractivity contribution in [3.05, 3.63) is 35.9 Å². The van der Waals surface area contributed by atoms with E-state index in [2.05, 4.69) is 5.32 Å². The molecule has 0 aliphatic heterocycles. The molecule has 0 aliphatic rings. The molecule has 0 aromatic heterocycles. The van der Waals surface area contributed by atoms with Gasteiger partial charge in [0.15, 0.2) is 0 Å². The lowest BCUT2D eigenvalue weighted by molar-refractivity contribution is -0.122. The summed E-state index contributed by atoms with van der Waals surface area (Å²) in [6.07, 6.45) is 1.65. The van der Waals surface area contributed by atoms with E-state index in [0.717, 1.165) is 5.56 Å². The van der Waals surface area contributed by atoms with E-state index in [1.807, 2.05) is 44.2 Å². The van der Waals surface area contributed by atoms with Crippen molar-refractivity contribution >= 4 is 5.91 Å². The summed E-state index contributed by atoms with van der Waals surface area (Å²) >= 11 is 0. The minimum atomic E-state index is -0.342. The zero-order valence-electron chi connectivity index (χ0n) is 11.7. The molecule has 0 spiro atoms. The number of amides is 1. The molecule has 106 valence electrons. The number of carbonyl (C=O) groups excluding carboxylic acids is 1. The van der Waals surface area contributed by atoms with Crippen LogP contribution in [0, 0.1) is 0 Å². The Morgan fingerprint density at radius 3 is 2.53 bits per heavy atom. The lowest BCUT2D eigenvalue weighted by Gasteiger charge is -2.20. The Morgan fingerprint density at radius 2 is 2.00 bits per heavy atom. The van der Waals surface area contributed by atoms with E-state index in [0.29, 0.717) is 19.3 Å². The maximum absolute atomic E-state index is 11.8. The average Bonchev–Trinajstić information content (AvgIpc) is 2.36. The summed E-state index contributed by atoms with van der Waals surface area (Å²) in [7, 11) is 0. The van der Waals surface area contributed by atoms with Crippen molar-refractivity contribution in [3.8, 4) is 0 Å². The molecule has 4 heteroatoms. The van der Waals surface area contributed by atoms with Crippen LogP contribution in [0.4, 0.5) is 0 Å². The minimum absolute atomic E-state index is 0.0616. The number of nitrogens with two attached hydrogens (primary N) is 1. The molecule has 1 aromatic rings. The molecule has 0 radical (unpaired) electrons. The highest BCUT2D eigenvalue weighted by atomic mass is 16.3. The third-order valence-corrected chi connectivity index (χ3v) is 2.91. The van der Waals surface area contributed by atoms with Crippen molar-refractivity contribution in [2.45, 2.75) is 44.7 Å². The van der Waals surface area contributed by atoms with Crippen molar-refractivity contribution < 1.29 is 9.90 Å². The van der Waals surface area contributed by atoms with Gasteiger partial charge in [-0.05, 0) is 32.3 Å². The van der Waals surface area contributed by atoms with E-state index in [9.17, 15) is 9.90 Å². The number of benzene rings is 1. The van der Waals surface area contributed by atoms with E-state index in [4.69, 9.17) is 5.73 Å². The summed E-state index contributed by atoms with van der Waals surface area (Å²) in [5, 5.41) is 12.2. The van der Waals surface area contributed by atoms with Crippen LogP contribution in [-0.2, 0) is 11.2 Å². The second kappa shape index (κ2) is 7.26. The predicted molar refractivity (Wildman–Crippen MR) is 76.7 cm³/mol. The van der Waals surface area contributed by atoms with Gasteiger partial charge in [0.25, 0.3) is 0 Å². The maximum atomic E-state index is 11.8. The number of hydrogen-bond donors (Lipinski definition) is 3. The van der Waals surface area contributed by atoms with Crippen molar-refractivity contribution in [1.82, 2.24) is 5.32 Å². The monoisotopic (exact) mass is 264 g/mol. The Bertz CT molecular complexity index is 385. The van der Waals surface area contributed by atoms with Crippen LogP contribution >= 0.6 is 0 Å². The van der Waals surface area contributed by atoms with E-state index in [1.54, 1.807) is 0 Å². The molecule has 0 bridgehead atoms. The van der Waals surface area contributed by atoms with Gasteiger partial charge in [-0.1, -0.05) is 30.3 Å². The van der Waals surface area contributed by atoms with Gasteiger partial charge in [0, 0.05) is 12.0 Å². The summed E-state index contributed by atoms with van der Waals surface area (Å²) in [4.78, 5) is 11.8. The molecule has 4 N–H and O–H groups in total. The van der Waals surface area contributed by atoms with Gasteiger partial charge in [-0.2, -0.15) is 0 Å². The van der Waals surface area contributed by atoms with Gasteiger partial charge in [0.1, 0.15) is 0 Å². The third kappa shape index (κ3) is 6.94. The Kier molecular flexibility index (Phi) is 5.99. The number of carbonyl (C=O) groups is 1. The SMILES string of the molecule is CC(C)(N)CCC(=O)N[C@H](CO)Cc1ccccc1. The van der Waals surface area contributed by atoms with Gasteiger partial charge in [-0.3, -0.25) is 4.79 Å². The number of aliphatic hydroxyl groups is 1. The fraction of sp³-hybridized carbons (Fsp3) is 0.533. The van der Waals surface area contributed by atoms with Crippen molar-refractivity contribution in [3.63, 3.8) is 0 Å². The smallest absolute Gasteiger partial charge is 0.220 e. The second-order valence-electron chi connectivity index (χ2n) is 5.63. The van der Waals surface area contributed by atoms with Crippen LogP contribution in [0.2, 0.25) is 0 Å². The van der Waals surface area contributed by atoms with Crippen LogP contribution in [0.25, 0.3) is 0 Å². The van der Waals surface area contributed by atoms with Crippen LogP contribution in [0.3, 0.4) is 0 Å². The minimum Gasteiger partial charge on any atom is -0.394 e. The van der Waals surface area contributed by atoms with Gasteiger partial charge in [-0.15, -0.1) is 0 Å². The van der Waals surface area contributed by atoms with Crippen LogP contribution < -0.4 is 11.1 Å². The number of hydrogen-bond acceptors (Lipinski definition) is 3. The average molecular weight is 264 g/mol. The summed E-state index contributed by atoms with van der Waals surface area (Å²) in [5.41, 5.74) is 6.60. The molecule has 1 atom stereocenters. The maximum Gasteiger partial charge on any atom is 0.220 e. The van der Waals surface area contributed by atoms with Crippen molar-refractivity contribution in [2.24, 2.45) is 5.73 Å². The quantitative estimate of drug-likeness (QED) is 0.693. The first kappa shape index (κ1) is 15.7. The second-order valence-corrected chi connectivity index (χ2v) is 5.63. The van der Waals surface area contributed by atoms with Crippen LogP contribution in [0.1, 0.15) is 32.3 Å². The summed E-state index contributed by atoms with van der Waals surface area (Å²) in [6.45, 7) is 3.73. The fourth-order valence-electron chi connectivity index (χ4n) is 1.80. The normalized spacial score (nSPS) is 13.1. The first-order valence-corrected chi connectivity index (χ1v) is 6.64. The molecule has 0 heterocycles. The standard InChI is InChI=1S/C15H24N2O2/c1-15(2,16)9-8-14(19)17-13(11-18)10-12-6-4-3-5-7-12/h3-7,13,18H,8-11,16H2,1-2H3,(H,17,19)/t13-/m0/s1. The van der Waals surface area contributed by atoms with Gasteiger partial charge in [-0.25, -0.2) is 0 Å². The number of rotatable bonds is 7. The molecule has 1 rings (SSSR count). The molecule has 0 saturated heterocycles. The Labute approximate surface area is 115 Å². The first-order chi connectivity index (χ1) is 8.90. The van der Waals surface area contributed by atoms with Gasteiger partial charge in [0.2, 0.25) is 5.91 Å². The fourth-order valence-corrected chi connectivity index (χ4v) is 1.80. The lowest BCUT2D eigenvalue weighted by Crippen LogP contribution is -2.40. The lowest BCUT2D eigenvalue weighted by atomic mass is 9.99. The topological polar surface area (TPSA) is 75.4 Å². The first-order valence-electron chi connectivity index (χ1n) is 6.64. The summed E-state index contributed by atoms with van der Waals surface area (Å²) in [6, 6.07) is 9.57.